The largest absolute Gasteiger partial charge is 0.493 e. The van der Waals surface area contributed by atoms with Gasteiger partial charge in [-0.3, -0.25) is 4.79 Å². The van der Waals surface area contributed by atoms with Crippen molar-refractivity contribution in [1.82, 2.24) is 10.2 Å². The van der Waals surface area contributed by atoms with Crippen LogP contribution in [0.3, 0.4) is 0 Å². The van der Waals surface area contributed by atoms with Gasteiger partial charge in [0, 0.05) is 24.7 Å². The van der Waals surface area contributed by atoms with E-state index >= 15 is 0 Å². The molecule has 1 aliphatic carbocycles. The zero-order valence-corrected chi connectivity index (χ0v) is 17.3. The minimum atomic E-state index is -0.292. The number of fused-ring (bicyclic) bond motifs is 1. The number of hydrogen-bond donors (Lipinski definition) is 2. The van der Waals surface area contributed by atoms with E-state index in [9.17, 15) is 9.59 Å². The number of nitrogens with zero attached hydrogens (tertiary/aromatic N) is 1. The summed E-state index contributed by atoms with van der Waals surface area (Å²) in [6, 6.07) is 12.8. The summed E-state index contributed by atoms with van der Waals surface area (Å²) < 4.78 is 10.9. The number of nitrogens with one attached hydrogen (secondary N) is 2. The van der Waals surface area contributed by atoms with Gasteiger partial charge in [-0.25, -0.2) is 4.79 Å². The zero-order chi connectivity index (χ0) is 21.1. The maximum atomic E-state index is 13.1. The number of carbonyl (C=O) groups is 2. The van der Waals surface area contributed by atoms with Crippen LogP contribution < -0.4 is 20.1 Å². The first-order valence-electron chi connectivity index (χ1n) is 10.3. The van der Waals surface area contributed by atoms with E-state index in [-0.39, 0.29) is 23.9 Å². The second kappa shape index (κ2) is 8.65. The molecule has 1 aliphatic heterocycles. The topological polar surface area (TPSA) is 79.9 Å². The van der Waals surface area contributed by atoms with Crippen molar-refractivity contribution in [3.05, 3.63) is 53.6 Å². The highest BCUT2D eigenvalue weighted by Crippen LogP contribution is 2.38. The van der Waals surface area contributed by atoms with Gasteiger partial charge in [0.05, 0.1) is 20.3 Å². The molecule has 0 spiro atoms. The Morgan fingerprint density at radius 2 is 1.77 bits per heavy atom. The lowest BCUT2D eigenvalue weighted by molar-refractivity contribution is -0.122. The quantitative estimate of drug-likeness (QED) is 0.767. The van der Waals surface area contributed by atoms with Gasteiger partial charge in [0.15, 0.2) is 11.5 Å². The molecule has 2 N–H and O–H groups in total. The van der Waals surface area contributed by atoms with Crippen LogP contribution in [-0.2, 0) is 11.2 Å². The van der Waals surface area contributed by atoms with Gasteiger partial charge < -0.3 is 25.0 Å². The van der Waals surface area contributed by atoms with E-state index < -0.39 is 0 Å². The third kappa shape index (κ3) is 4.20. The third-order valence-corrected chi connectivity index (χ3v) is 5.71. The lowest BCUT2D eigenvalue weighted by Gasteiger charge is -2.38. The van der Waals surface area contributed by atoms with E-state index in [1.54, 1.807) is 19.1 Å². The average Bonchev–Trinajstić information content (AvgIpc) is 3.62. The molecule has 0 bridgehead atoms. The molecule has 158 valence electrons. The van der Waals surface area contributed by atoms with E-state index in [0.29, 0.717) is 31.0 Å². The Morgan fingerprint density at radius 1 is 1.07 bits per heavy atom. The molecule has 0 radical (unpaired) electrons. The Bertz CT molecular complexity index is 928. The van der Waals surface area contributed by atoms with E-state index in [1.807, 2.05) is 42.5 Å². The predicted octanol–water partition coefficient (Wildman–Crippen LogP) is 3.36. The van der Waals surface area contributed by atoms with E-state index in [4.69, 9.17) is 9.47 Å². The van der Waals surface area contributed by atoms with Crippen LogP contribution in [0.1, 0.15) is 30.0 Å². The summed E-state index contributed by atoms with van der Waals surface area (Å²) in [6.07, 6.45) is 2.58. The van der Waals surface area contributed by atoms with Crippen LogP contribution >= 0.6 is 0 Å². The van der Waals surface area contributed by atoms with Crippen LogP contribution in [0.5, 0.6) is 11.5 Å². The number of ether oxygens (including phenoxy) is 2. The molecule has 1 saturated carbocycles. The normalized spacial score (nSPS) is 17.7. The van der Waals surface area contributed by atoms with Crippen molar-refractivity contribution in [3.8, 4) is 11.5 Å². The Hall–Kier alpha value is -3.22. The number of amides is 3. The Morgan fingerprint density at radius 3 is 2.43 bits per heavy atom. The molecule has 0 saturated heterocycles. The maximum absolute atomic E-state index is 13.1. The molecular weight excluding hydrogens is 382 g/mol. The van der Waals surface area contributed by atoms with Crippen molar-refractivity contribution in [2.45, 2.75) is 25.3 Å². The fourth-order valence-corrected chi connectivity index (χ4v) is 3.90. The number of anilines is 1. The molecule has 1 fully saturated rings. The smallest absolute Gasteiger partial charge is 0.322 e. The second-order valence-electron chi connectivity index (χ2n) is 7.68. The SMILES string of the molecule is COc1cc2c(cc1OC)[C@H](CNC(=O)C1CC1)N(C(=O)Nc1ccccc1)CC2. The molecule has 1 atom stereocenters. The van der Waals surface area contributed by atoms with Gasteiger partial charge in [-0.2, -0.15) is 0 Å². The number of hydrogen-bond acceptors (Lipinski definition) is 4. The summed E-state index contributed by atoms with van der Waals surface area (Å²) in [6.45, 7) is 0.908. The van der Waals surface area contributed by atoms with Crippen LogP contribution in [0.4, 0.5) is 10.5 Å². The number of urea groups is 1. The molecular formula is C23H27N3O4. The summed E-state index contributed by atoms with van der Waals surface area (Å²) in [7, 11) is 3.21. The fourth-order valence-electron chi connectivity index (χ4n) is 3.90. The first-order chi connectivity index (χ1) is 14.6. The first kappa shape index (κ1) is 20.1. The van der Waals surface area contributed by atoms with Gasteiger partial charge in [0.1, 0.15) is 0 Å². The van der Waals surface area contributed by atoms with E-state index in [2.05, 4.69) is 10.6 Å². The number of para-hydroxylation sites is 1. The van der Waals surface area contributed by atoms with Crippen molar-refractivity contribution in [2.75, 3.05) is 32.6 Å². The molecule has 2 aromatic rings. The van der Waals surface area contributed by atoms with Gasteiger partial charge in [-0.05, 0) is 54.7 Å². The number of benzene rings is 2. The van der Waals surface area contributed by atoms with Gasteiger partial charge in [-0.1, -0.05) is 18.2 Å². The lowest BCUT2D eigenvalue weighted by atomic mass is 9.91. The van der Waals surface area contributed by atoms with Crippen LogP contribution in [0, 0.1) is 5.92 Å². The Labute approximate surface area is 176 Å². The molecule has 3 amide bonds. The van der Waals surface area contributed by atoms with Gasteiger partial charge in [-0.15, -0.1) is 0 Å². The second-order valence-corrected chi connectivity index (χ2v) is 7.68. The number of carbonyl (C=O) groups excluding carboxylic acids is 2. The summed E-state index contributed by atoms with van der Waals surface area (Å²) in [4.78, 5) is 27.2. The molecule has 7 heteroatoms. The first-order valence-corrected chi connectivity index (χ1v) is 10.3. The fraction of sp³-hybridized carbons (Fsp3) is 0.391. The Balaban J connectivity index is 1.61. The van der Waals surface area contributed by atoms with Gasteiger partial charge in [0.25, 0.3) is 0 Å². The van der Waals surface area contributed by atoms with Gasteiger partial charge >= 0.3 is 6.03 Å². The highest BCUT2D eigenvalue weighted by atomic mass is 16.5. The maximum Gasteiger partial charge on any atom is 0.322 e. The monoisotopic (exact) mass is 409 g/mol. The number of rotatable bonds is 6. The van der Waals surface area contributed by atoms with Crippen molar-refractivity contribution < 1.29 is 19.1 Å². The molecule has 2 aromatic carbocycles. The molecule has 1 heterocycles. The standard InChI is InChI=1S/C23H27N3O4/c1-29-20-12-16-10-11-26(23(28)25-17-6-4-3-5-7-17)19(18(16)13-21(20)30-2)14-24-22(27)15-8-9-15/h3-7,12-13,15,19H,8-11,14H2,1-2H3,(H,24,27)(H,25,28)/t19-/m0/s1. The number of methoxy groups -OCH3 is 2. The van der Waals surface area contributed by atoms with Crippen molar-refractivity contribution in [1.29, 1.82) is 0 Å². The minimum absolute atomic E-state index is 0.0611. The highest BCUT2D eigenvalue weighted by molar-refractivity contribution is 5.90. The lowest BCUT2D eigenvalue weighted by Crippen LogP contribution is -2.47. The van der Waals surface area contributed by atoms with Crippen LogP contribution in [0.2, 0.25) is 0 Å². The minimum Gasteiger partial charge on any atom is -0.493 e. The van der Waals surface area contributed by atoms with E-state index in [0.717, 1.165) is 29.7 Å². The van der Waals surface area contributed by atoms with Crippen LogP contribution in [-0.4, -0.2) is 44.1 Å². The summed E-state index contributed by atoms with van der Waals surface area (Å²) in [5.74, 6) is 1.45. The molecule has 2 aliphatic rings. The van der Waals surface area contributed by atoms with Crippen molar-refractivity contribution >= 4 is 17.6 Å². The highest BCUT2D eigenvalue weighted by Gasteiger charge is 2.35. The molecule has 7 nitrogen and oxygen atoms in total. The van der Waals surface area contributed by atoms with Crippen LogP contribution in [0.25, 0.3) is 0 Å². The third-order valence-electron chi connectivity index (χ3n) is 5.71. The van der Waals surface area contributed by atoms with Crippen molar-refractivity contribution in [2.24, 2.45) is 5.92 Å². The molecule has 0 unspecified atom stereocenters. The van der Waals surface area contributed by atoms with E-state index in [1.165, 1.54) is 0 Å². The summed E-state index contributed by atoms with van der Waals surface area (Å²) in [5, 5.41) is 6.00. The molecule has 4 rings (SSSR count). The average molecular weight is 409 g/mol. The molecule has 0 aromatic heterocycles. The summed E-state index contributed by atoms with van der Waals surface area (Å²) in [5.41, 5.74) is 2.81. The van der Waals surface area contributed by atoms with Crippen molar-refractivity contribution in [3.63, 3.8) is 0 Å². The van der Waals surface area contributed by atoms with Crippen LogP contribution in [0.15, 0.2) is 42.5 Å². The Kier molecular flexibility index (Phi) is 5.79. The summed E-state index contributed by atoms with van der Waals surface area (Å²) >= 11 is 0. The zero-order valence-electron chi connectivity index (χ0n) is 17.3. The van der Waals surface area contributed by atoms with Gasteiger partial charge in [0.2, 0.25) is 5.91 Å². The predicted molar refractivity (Wildman–Crippen MR) is 114 cm³/mol. The molecule has 30 heavy (non-hydrogen) atoms.